The maximum Gasteiger partial charge on any atom is 0.271 e. The lowest BCUT2D eigenvalue weighted by Crippen LogP contribution is -2.02. The number of aromatic nitrogens is 2. The fourth-order valence-corrected chi connectivity index (χ4v) is 3.12. The van der Waals surface area contributed by atoms with Gasteiger partial charge in [0.1, 0.15) is 11.6 Å². The standard InChI is InChI=1S/C21H17N3O3/c1-27-18-10-7-16(8-11-18)21-22-19-13-17(24(25)26)9-12-20(19)23(21)14-15-5-3-2-4-6-15/h2-13H,14H2,1H3. The van der Waals surface area contributed by atoms with E-state index in [9.17, 15) is 10.1 Å². The summed E-state index contributed by atoms with van der Waals surface area (Å²) in [6, 6.07) is 22.5. The molecule has 3 aromatic carbocycles. The molecule has 4 rings (SSSR count). The Morgan fingerprint density at radius 1 is 1.04 bits per heavy atom. The van der Waals surface area contributed by atoms with Crippen LogP contribution in [0.2, 0.25) is 0 Å². The number of methoxy groups -OCH3 is 1. The summed E-state index contributed by atoms with van der Waals surface area (Å²) in [6.45, 7) is 0.622. The van der Waals surface area contributed by atoms with Gasteiger partial charge in [-0.25, -0.2) is 4.98 Å². The molecular formula is C21H17N3O3. The Kier molecular flexibility index (Phi) is 4.30. The maximum absolute atomic E-state index is 11.1. The van der Waals surface area contributed by atoms with Gasteiger partial charge in [0, 0.05) is 24.2 Å². The number of non-ortho nitro benzene ring substituents is 1. The lowest BCUT2D eigenvalue weighted by molar-refractivity contribution is -0.384. The predicted molar refractivity (Wildman–Crippen MR) is 104 cm³/mol. The van der Waals surface area contributed by atoms with Crippen molar-refractivity contribution >= 4 is 16.7 Å². The van der Waals surface area contributed by atoms with Crippen molar-refractivity contribution in [1.29, 1.82) is 0 Å². The van der Waals surface area contributed by atoms with Gasteiger partial charge in [-0.3, -0.25) is 10.1 Å². The first-order chi connectivity index (χ1) is 13.2. The van der Waals surface area contributed by atoms with Crippen LogP contribution in [0.4, 0.5) is 5.69 Å². The highest BCUT2D eigenvalue weighted by atomic mass is 16.6. The smallest absolute Gasteiger partial charge is 0.271 e. The number of benzene rings is 3. The summed E-state index contributed by atoms with van der Waals surface area (Å²) >= 11 is 0. The number of nitro groups is 1. The third kappa shape index (κ3) is 3.25. The van der Waals surface area contributed by atoms with E-state index in [2.05, 4.69) is 16.7 Å². The minimum absolute atomic E-state index is 0.0353. The van der Waals surface area contributed by atoms with Crippen LogP contribution in [0.5, 0.6) is 5.75 Å². The van der Waals surface area contributed by atoms with Crippen molar-refractivity contribution < 1.29 is 9.66 Å². The van der Waals surface area contributed by atoms with Crippen LogP contribution in [0.1, 0.15) is 5.56 Å². The van der Waals surface area contributed by atoms with Crippen LogP contribution in [0.25, 0.3) is 22.4 Å². The molecule has 0 aliphatic heterocycles. The van der Waals surface area contributed by atoms with E-state index in [4.69, 9.17) is 9.72 Å². The summed E-state index contributed by atoms with van der Waals surface area (Å²) in [6.07, 6.45) is 0. The van der Waals surface area contributed by atoms with Gasteiger partial charge in [0.25, 0.3) is 5.69 Å². The molecule has 0 bridgehead atoms. The van der Waals surface area contributed by atoms with E-state index in [1.807, 2.05) is 42.5 Å². The van der Waals surface area contributed by atoms with Crippen LogP contribution in [-0.2, 0) is 6.54 Å². The van der Waals surface area contributed by atoms with E-state index in [0.717, 1.165) is 28.2 Å². The Labute approximate surface area is 155 Å². The lowest BCUT2D eigenvalue weighted by Gasteiger charge is -2.10. The SMILES string of the molecule is COc1ccc(-c2nc3cc([N+](=O)[O-])ccc3n2Cc2ccccc2)cc1. The van der Waals surface area contributed by atoms with Crippen molar-refractivity contribution in [2.45, 2.75) is 6.54 Å². The number of hydrogen-bond acceptors (Lipinski definition) is 4. The molecule has 6 nitrogen and oxygen atoms in total. The molecule has 134 valence electrons. The summed E-state index contributed by atoms with van der Waals surface area (Å²) in [5.41, 5.74) is 3.55. The van der Waals surface area contributed by atoms with Crippen LogP contribution in [-0.4, -0.2) is 21.6 Å². The molecule has 0 spiro atoms. The number of hydrogen-bond donors (Lipinski definition) is 0. The number of nitrogens with zero attached hydrogens (tertiary/aromatic N) is 3. The minimum atomic E-state index is -0.400. The Morgan fingerprint density at radius 2 is 1.78 bits per heavy atom. The molecule has 1 heterocycles. The molecule has 0 aliphatic carbocycles. The molecule has 6 heteroatoms. The summed E-state index contributed by atoms with van der Waals surface area (Å²) in [5, 5.41) is 11.1. The number of rotatable bonds is 5. The van der Waals surface area contributed by atoms with Crippen molar-refractivity contribution in [3.8, 4) is 17.1 Å². The predicted octanol–water partition coefficient (Wildman–Crippen LogP) is 4.67. The van der Waals surface area contributed by atoms with Crippen LogP contribution < -0.4 is 4.74 Å². The molecule has 4 aromatic rings. The third-order valence-electron chi connectivity index (χ3n) is 4.47. The first-order valence-electron chi connectivity index (χ1n) is 8.49. The molecule has 0 N–H and O–H groups in total. The van der Waals surface area contributed by atoms with Gasteiger partial charge >= 0.3 is 0 Å². The molecule has 0 amide bonds. The first-order valence-corrected chi connectivity index (χ1v) is 8.49. The molecule has 0 saturated carbocycles. The second kappa shape index (κ2) is 6.92. The van der Waals surface area contributed by atoms with E-state index >= 15 is 0 Å². The van der Waals surface area contributed by atoms with Gasteiger partial charge in [0.15, 0.2) is 0 Å². The topological polar surface area (TPSA) is 70.2 Å². The Hall–Kier alpha value is -3.67. The highest BCUT2D eigenvalue weighted by Gasteiger charge is 2.16. The van der Waals surface area contributed by atoms with Gasteiger partial charge in [-0.05, 0) is 35.9 Å². The number of fused-ring (bicyclic) bond motifs is 1. The monoisotopic (exact) mass is 359 g/mol. The zero-order chi connectivity index (χ0) is 18.8. The molecular weight excluding hydrogens is 342 g/mol. The third-order valence-corrected chi connectivity index (χ3v) is 4.47. The highest BCUT2D eigenvalue weighted by Crippen LogP contribution is 2.29. The van der Waals surface area contributed by atoms with E-state index in [1.165, 1.54) is 12.1 Å². The number of nitro benzene ring substituents is 1. The molecule has 1 aromatic heterocycles. The van der Waals surface area contributed by atoms with Gasteiger partial charge < -0.3 is 9.30 Å². The Balaban J connectivity index is 1.88. The van der Waals surface area contributed by atoms with Gasteiger partial charge in [0.05, 0.1) is 23.1 Å². The second-order valence-corrected chi connectivity index (χ2v) is 6.17. The number of ether oxygens (including phenoxy) is 1. The molecule has 0 fully saturated rings. The van der Waals surface area contributed by atoms with Gasteiger partial charge in [-0.15, -0.1) is 0 Å². The van der Waals surface area contributed by atoms with Crippen LogP contribution in [0.3, 0.4) is 0 Å². The molecule has 0 atom stereocenters. The largest absolute Gasteiger partial charge is 0.497 e. The molecule has 27 heavy (non-hydrogen) atoms. The second-order valence-electron chi connectivity index (χ2n) is 6.17. The molecule has 0 saturated heterocycles. The maximum atomic E-state index is 11.1. The zero-order valence-electron chi connectivity index (χ0n) is 14.7. The summed E-state index contributed by atoms with van der Waals surface area (Å²) < 4.78 is 7.31. The lowest BCUT2D eigenvalue weighted by atomic mass is 10.2. The van der Waals surface area contributed by atoms with Gasteiger partial charge in [0.2, 0.25) is 0 Å². The first kappa shape index (κ1) is 16.8. The fourth-order valence-electron chi connectivity index (χ4n) is 3.12. The van der Waals surface area contributed by atoms with Crippen molar-refractivity contribution in [2.75, 3.05) is 7.11 Å². The average Bonchev–Trinajstić information content (AvgIpc) is 3.06. The Bertz CT molecular complexity index is 1100. The van der Waals surface area contributed by atoms with Gasteiger partial charge in [-0.1, -0.05) is 30.3 Å². The van der Waals surface area contributed by atoms with E-state index in [1.54, 1.807) is 13.2 Å². The van der Waals surface area contributed by atoms with Crippen molar-refractivity contribution in [3.05, 3.63) is 88.5 Å². The van der Waals surface area contributed by atoms with Crippen molar-refractivity contribution in [1.82, 2.24) is 9.55 Å². The minimum Gasteiger partial charge on any atom is -0.497 e. The summed E-state index contributed by atoms with van der Waals surface area (Å²) in [4.78, 5) is 15.4. The van der Waals surface area contributed by atoms with Crippen LogP contribution in [0, 0.1) is 10.1 Å². The highest BCUT2D eigenvalue weighted by molar-refractivity contribution is 5.83. The van der Waals surface area contributed by atoms with E-state index < -0.39 is 4.92 Å². The molecule has 0 radical (unpaired) electrons. The summed E-state index contributed by atoms with van der Waals surface area (Å²) in [7, 11) is 1.62. The Morgan fingerprint density at radius 3 is 2.44 bits per heavy atom. The van der Waals surface area contributed by atoms with Crippen molar-refractivity contribution in [3.63, 3.8) is 0 Å². The van der Waals surface area contributed by atoms with E-state index in [0.29, 0.717) is 12.1 Å². The van der Waals surface area contributed by atoms with Gasteiger partial charge in [-0.2, -0.15) is 0 Å². The van der Waals surface area contributed by atoms with Crippen molar-refractivity contribution in [2.24, 2.45) is 0 Å². The normalized spacial score (nSPS) is 10.9. The van der Waals surface area contributed by atoms with Crippen LogP contribution >= 0.6 is 0 Å². The average molecular weight is 359 g/mol. The van der Waals surface area contributed by atoms with E-state index in [-0.39, 0.29) is 5.69 Å². The summed E-state index contributed by atoms with van der Waals surface area (Å²) in [5.74, 6) is 1.53. The fraction of sp³-hybridized carbons (Fsp3) is 0.0952. The quantitative estimate of drug-likeness (QED) is 0.383. The molecule has 0 aliphatic rings. The zero-order valence-corrected chi connectivity index (χ0v) is 14.7. The number of imidazole rings is 1. The van der Waals surface area contributed by atoms with Crippen LogP contribution in [0.15, 0.2) is 72.8 Å². The molecule has 0 unspecified atom stereocenters.